The number of nitrogens with zero attached hydrogens (tertiary/aromatic N) is 2. The molecule has 0 aromatic heterocycles. The molecule has 0 radical (unpaired) electrons. The Morgan fingerprint density at radius 2 is 1.29 bits per heavy atom. The van der Waals surface area contributed by atoms with Crippen LogP contribution in [0.25, 0.3) is 0 Å². The minimum atomic E-state index is -0.288. The summed E-state index contributed by atoms with van der Waals surface area (Å²) >= 11 is 0. The molecule has 0 amide bonds. The van der Waals surface area contributed by atoms with Crippen LogP contribution in [0.4, 0.5) is 8.78 Å². The van der Waals surface area contributed by atoms with E-state index in [0.29, 0.717) is 6.54 Å². The third-order valence-electron chi connectivity index (χ3n) is 3.32. The molecule has 21 heavy (non-hydrogen) atoms. The second-order valence-corrected chi connectivity index (χ2v) is 5.03. The average molecular weight is 284 g/mol. The average Bonchev–Trinajstić information content (AvgIpc) is 2.49. The summed E-state index contributed by atoms with van der Waals surface area (Å²) < 4.78 is 26.2. The first-order valence-electron chi connectivity index (χ1n) is 6.78. The van der Waals surface area contributed by atoms with Gasteiger partial charge in [0.25, 0.3) is 0 Å². The zero-order valence-corrected chi connectivity index (χ0v) is 11.6. The highest BCUT2D eigenvalue weighted by Gasteiger charge is 2.19. The van der Waals surface area contributed by atoms with Crippen molar-refractivity contribution in [2.24, 2.45) is 9.98 Å². The lowest BCUT2D eigenvalue weighted by atomic mass is 9.98. The Balaban J connectivity index is 2.04. The van der Waals surface area contributed by atoms with Gasteiger partial charge in [0.1, 0.15) is 11.6 Å². The van der Waals surface area contributed by atoms with Gasteiger partial charge in [-0.05, 0) is 55.5 Å². The van der Waals surface area contributed by atoms with Crippen LogP contribution in [0.15, 0.2) is 58.5 Å². The van der Waals surface area contributed by atoms with Gasteiger partial charge in [0.2, 0.25) is 0 Å². The maximum Gasteiger partial charge on any atom is 0.123 e. The molecule has 0 saturated carbocycles. The molecular formula is C17H14F2N2. The lowest BCUT2D eigenvalue weighted by molar-refractivity contribution is 0.627. The molecule has 0 aliphatic carbocycles. The summed E-state index contributed by atoms with van der Waals surface area (Å²) in [7, 11) is 0. The molecule has 1 atom stereocenters. The number of hydrogen-bond donors (Lipinski definition) is 0. The van der Waals surface area contributed by atoms with Crippen molar-refractivity contribution < 1.29 is 8.78 Å². The van der Waals surface area contributed by atoms with Gasteiger partial charge >= 0.3 is 0 Å². The zero-order valence-electron chi connectivity index (χ0n) is 11.6. The summed E-state index contributed by atoms with van der Waals surface area (Å²) in [4.78, 5) is 9.19. The normalized spacial score (nSPS) is 18.1. The van der Waals surface area contributed by atoms with Gasteiger partial charge in [-0.3, -0.25) is 9.98 Å². The van der Waals surface area contributed by atoms with Crippen molar-refractivity contribution in [3.63, 3.8) is 0 Å². The predicted octanol–water partition coefficient (Wildman–Crippen LogP) is 3.65. The van der Waals surface area contributed by atoms with E-state index in [2.05, 4.69) is 9.98 Å². The highest BCUT2D eigenvalue weighted by atomic mass is 19.1. The highest BCUT2D eigenvalue weighted by molar-refractivity contribution is 6.53. The van der Waals surface area contributed by atoms with Crippen LogP contribution in [0.5, 0.6) is 0 Å². The van der Waals surface area contributed by atoms with Gasteiger partial charge in [-0.1, -0.05) is 0 Å². The molecule has 1 aliphatic rings. The minimum Gasteiger partial charge on any atom is -0.280 e. The zero-order chi connectivity index (χ0) is 14.8. The Morgan fingerprint density at radius 3 is 1.81 bits per heavy atom. The van der Waals surface area contributed by atoms with E-state index in [9.17, 15) is 8.78 Å². The fourth-order valence-corrected chi connectivity index (χ4v) is 2.28. The van der Waals surface area contributed by atoms with Gasteiger partial charge in [0.15, 0.2) is 0 Å². The molecule has 0 bridgehead atoms. The van der Waals surface area contributed by atoms with E-state index in [-0.39, 0.29) is 17.7 Å². The maximum absolute atomic E-state index is 13.1. The maximum atomic E-state index is 13.1. The van der Waals surface area contributed by atoms with Crippen LogP contribution < -0.4 is 0 Å². The molecule has 106 valence electrons. The van der Waals surface area contributed by atoms with E-state index >= 15 is 0 Å². The van der Waals surface area contributed by atoms with Crippen LogP contribution in [0.3, 0.4) is 0 Å². The monoisotopic (exact) mass is 284 g/mol. The van der Waals surface area contributed by atoms with Crippen molar-refractivity contribution in [1.82, 2.24) is 0 Å². The number of rotatable bonds is 2. The van der Waals surface area contributed by atoms with Gasteiger partial charge < -0.3 is 0 Å². The van der Waals surface area contributed by atoms with Crippen LogP contribution in [-0.2, 0) is 0 Å². The molecule has 1 heterocycles. The Hall–Kier alpha value is -2.36. The van der Waals surface area contributed by atoms with Gasteiger partial charge in [-0.15, -0.1) is 0 Å². The van der Waals surface area contributed by atoms with Crippen molar-refractivity contribution in [2.75, 3.05) is 6.54 Å². The second-order valence-electron chi connectivity index (χ2n) is 5.03. The summed E-state index contributed by atoms with van der Waals surface area (Å²) in [6.07, 6.45) is 0. The van der Waals surface area contributed by atoms with Gasteiger partial charge in [-0.25, -0.2) is 8.78 Å². The Bertz CT molecular complexity index is 701. The fourth-order valence-electron chi connectivity index (χ4n) is 2.28. The van der Waals surface area contributed by atoms with Crippen LogP contribution in [-0.4, -0.2) is 24.0 Å². The largest absolute Gasteiger partial charge is 0.280 e. The molecule has 2 aromatic rings. The first-order chi connectivity index (χ1) is 10.1. The summed E-state index contributed by atoms with van der Waals surface area (Å²) in [6, 6.07) is 12.4. The van der Waals surface area contributed by atoms with E-state index in [1.807, 2.05) is 6.92 Å². The lowest BCUT2D eigenvalue weighted by Gasteiger charge is -2.18. The van der Waals surface area contributed by atoms with E-state index in [0.717, 1.165) is 22.6 Å². The molecule has 3 rings (SSSR count). The van der Waals surface area contributed by atoms with Crippen LogP contribution in [0.1, 0.15) is 18.1 Å². The van der Waals surface area contributed by atoms with Crippen LogP contribution >= 0.6 is 0 Å². The predicted molar refractivity (Wildman–Crippen MR) is 80.2 cm³/mol. The van der Waals surface area contributed by atoms with Gasteiger partial charge in [-0.2, -0.15) is 0 Å². The summed E-state index contributed by atoms with van der Waals surface area (Å²) in [5.41, 5.74) is 3.07. The number of aliphatic imine (C=N–C) groups is 2. The topological polar surface area (TPSA) is 24.7 Å². The molecule has 0 saturated heterocycles. The number of benzene rings is 2. The Kier molecular flexibility index (Phi) is 3.60. The Morgan fingerprint density at radius 1 is 0.810 bits per heavy atom. The molecule has 1 aliphatic heterocycles. The number of hydrogen-bond acceptors (Lipinski definition) is 2. The van der Waals surface area contributed by atoms with Crippen molar-refractivity contribution in [2.45, 2.75) is 13.0 Å². The third kappa shape index (κ3) is 2.89. The van der Waals surface area contributed by atoms with Crippen molar-refractivity contribution in [3.05, 3.63) is 71.3 Å². The minimum absolute atomic E-state index is 0.0780. The SMILES string of the molecule is CC1CN=C(c2ccc(F)cc2)C(c2ccc(F)cc2)=N1. The molecule has 0 fully saturated rings. The fraction of sp³-hybridized carbons (Fsp3) is 0.176. The summed E-state index contributed by atoms with van der Waals surface area (Å²) in [6.45, 7) is 2.58. The van der Waals surface area contributed by atoms with E-state index in [4.69, 9.17) is 0 Å². The molecule has 2 nitrogen and oxygen atoms in total. The van der Waals surface area contributed by atoms with Gasteiger partial charge in [0, 0.05) is 11.1 Å². The number of halogens is 2. The van der Waals surface area contributed by atoms with Crippen LogP contribution in [0.2, 0.25) is 0 Å². The van der Waals surface area contributed by atoms with Crippen molar-refractivity contribution in [1.29, 1.82) is 0 Å². The summed E-state index contributed by atoms with van der Waals surface area (Å²) in [5.74, 6) is -0.577. The molecule has 4 heteroatoms. The van der Waals surface area contributed by atoms with Crippen LogP contribution in [0, 0.1) is 11.6 Å². The molecule has 0 N–H and O–H groups in total. The quantitative estimate of drug-likeness (QED) is 0.804. The third-order valence-corrected chi connectivity index (χ3v) is 3.32. The first kappa shape index (κ1) is 13.6. The Labute approximate surface area is 121 Å². The highest BCUT2D eigenvalue weighted by Crippen LogP contribution is 2.16. The second kappa shape index (κ2) is 5.56. The molecule has 2 aromatic carbocycles. The molecular weight excluding hydrogens is 270 g/mol. The van der Waals surface area contributed by atoms with E-state index in [1.165, 1.54) is 24.3 Å². The smallest absolute Gasteiger partial charge is 0.123 e. The van der Waals surface area contributed by atoms with E-state index in [1.54, 1.807) is 24.3 Å². The molecule has 0 spiro atoms. The molecule has 1 unspecified atom stereocenters. The van der Waals surface area contributed by atoms with Crippen molar-refractivity contribution in [3.8, 4) is 0 Å². The first-order valence-corrected chi connectivity index (χ1v) is 6.78. The lowest BCUT2D eigenvalue weighted by Crippen LogP contribution is -2.26. The van der Waals surface area contributed by atoms with Crippen molar-refractivity contribution >= 4 is 11.4 Å². The standard InChI is InChI=1S/C17H14F2N2/c1-11-10-20-16(12-2-6-14(18)7-3-12)17(21-11)13-4-8-15(19)9-5-13/h2-9,11H,10H2,1H3. The summed E-state index contributed by atoms with van der Waals surface area (Å²) in [5, 5.41) is 0. The van der Waals surface area contributed by atoms with Gasteiger partial charge in [0.05, 0.1) is 24.0 Å². The van der Waals surface area contributed by atoms with E-state index < -0.39 is 0 Å².